The van der Waals surface area contributed by atoms with Crippen LogP contribution in [0, 0.1) is 11.8 Å². The number of rotatable bonds is 5. The predicted molar refractivity (Wildman–Crippen MR) is 78.5 cm³/mol. The van der Waals surface area contributed by atoms with Crippen LogP contribution in [0.3, 0.4) is 0 Å². The van der Waals surface area contributed by atoms with E-state index in [1.807, 2.05) is 35.2 Å². The quantitative estimate of drug-likeness (QED) is 0.905. The highest BCUT2D eigenvalue weighted by Gasteiger charge is 2.40. The van der Waals surface area contributed by atoms with Crippen molar-refractivity contribution in [1.29, 1.82) is 0 Å². The lowest BCUT2D eigenvalue weighted by Crippen LogP contribution is -2.36. The molecule has 2 aliphatic carbocycles. The van der Waals surface area contributed by atoms with Gasteiger partial charge in [0.25, 0.3) is 0 Å². The summed E-state index contributed by atoms with van der Waals surface area (Å²) in [5.74, 6) is -1.04. The first-order chi connectivity index (χ1) is 10.1. The van der Waals surface area contributed by atoms with Crippen LogP contribution in [0.15, 0.2) is 30.3 Å². The van der Waals surface area contributed by atoms with Crippen LogP contribution in [0.5, 0.6) is 0 Å². The number of carboxylic acids is 1. The molecular formula is C17H21NO3. The summed E-state index contributed by atoms with van der Waals surface area (Å²) in [6, 6.07) is 10.4. The highest BCUT2D eigenvalue weighted by atomic mass is 16.4. The van der Waals surface area contributed by atoms with Crippen molar-refractivity contribution in [3.63, 3.8) is 0 Å². The van der Waals surface area contributed by atoms with Gasteiger partial charge in [0.15, 0.2) is 0 Å². The number of benzene rings is 1. The van der Waals surface area contributed by atoms with E-state index < -0.39 is 5.97 Å². The van der Waals surface area contributed by atoms with Crippen molar-refractivity contribution >= 4 is 11.9 Å². The van der Waals surface area contributed by atoms with Gasteiger partial charge in [-0.1, -0.05) is 30.3 Å². The SMILES string of the molecule is O=C(O)C1CCC(C(=O)N(Cc2ccccc2)C2CC2)C1. The Labute approximate surface area is 124 Å². The Kier molecular flexibility index (Phi) is 3.95. The fourth-order valence-electron chi connectivity index (χ4n) is 3.22. The molecule has 2 saturated carbocycles. The molecule has 1 amide bonds. The third-order valence-electron chi connectivity index (χ3n) is 4.60. The molecule has 0 aromatic heterocycles. The van der Waals surface area contributed by atoms with Crippen molar-refractivity contribution in [1.82, 2.24) is 4.90 Å². The van der Waals surface area contributed by atoms with Gasteiger partial charge in [-0.15, -0.1) is 0 Å². The fraction of sp³-hybridized carbons (Fsp3) is 0.529. The molecule has 2 unspecified atom stereocenters. The summed E-state index contributed by atoms with van der Waals surface area (Å²) >= 11 is 0. The molecule has 112 valence electrons. The van der Waals surface area contributed by atoms with Crippen molar-refractivity contribution in [3.05, 3.63) is 35.9 Å². The van der Waals surface area contributed by atoms with Gasteiger partial charge in [0.05, 0.1) is 5.92 Å². The van der Waals surface area contributed by atoms with Crippen LogP contribution in [0.1, 0.15) is 37.7 Å². The molecule has 0 saturated heterocycles. The van der Waals surface area contributed by atoms with Crippen LogP contribution < -0.4 is 0 Å². The average molecular weight is 287 g/mol. The average Bonchev–Trinajstić information content (AvgIpc) is 3.20. The normalized spacial score (nSPS) is 24.8. The van der Waals surface area contributed by atoms with Gasteiger partial charge in [-0.3, -0.25) is 9.59 Å². The molecular weight excluding hydrogens is 266 g/mol. The standard InChI is InChI=1S/C17H21NO3/c19-16(13-6-7-14(10-13)17(20)21)18(15-8-9-15)11-12-4-2-1-3-5-12/h1-5,13-15H,6-11H2,(H,20,21). The largest absolute Gasteiger partial charge is 0.481 e. The first kappa shape index (κ1) is 14.1. The molecule has 2 aliphatic rings. The van der Waals surface area contributed by atoms with Gasteiger partial charge in [0.2, 0.25) is 5.91 Å². The summed E-state index contributed by atoms with van der Waals surface area (Å²) in [5, 5.41) is 9.08. The van der Waals surface area contributed by atoms with E-state index in [1.165, 1.54) is 0 Å². The van der Waals surface area contributed by atoms with Gasteiger partial charge < -0.3 is 10.0 Å². The maximum atomic E-state index is 12.7. The third kappa shape index (κ3) is 3.26. The van der Waals surface area contributed by atoms with E-state index in [2.05, 4.69) is 0 Å². The summed E-state index contributed by atoms with van der Waals surface area (Å²) < 4.78 is 0. The number of carboxylic acid groups (broad SMARTS) is 1. The van der Waals surface area contributed by atoms with E-state index in [4.69, 9.17) is 5.11 Å². The number of nitrogens with zero attached hydrogens (tertiary/aromatic N) is 1. The summed E-state index contributed by atoms with van der Waals surface area (Å²) in [4.78, 5) is 25.8. The van der Waals surface area contributed by atoms with E-state index >= 15 is 0 Å². The van der Waals surface area contributed by atoms with Crippen LogP contribution in [0.4, 0.5) is 0 Å². The Bertz CT molecular complexity index is 524. The van der Waals surface area contributed by atoms with Crippen LogP contribution in [-0.4, -0.2) is 27.9 Å². The molecule has 0 bridgehead atoms. The summed E-state index contributed by atoms with van der Waals surface area (Å²) in [5.41, 5.74) is 1.14. The zero-order valence-electron chi connectivity index (χ0n) is 12.1. The van der Waals surface area contributed by atoms with Gasteiger partial charge in [-0.05, 0) is 37.7 Å². The lowest BCUT2D eigenvalue weighted by molar-refractivity contribution is -0.141. The van der Waals surface area contributed by atoms with E-state index in [1.54, 1.807) is 0 Å². The zero-order valence-corrected chi connectivity index (χ0v) is 12.1. The number of hydrogen-bond donors (Lipinski definition) is 1. The lowest BCUT2D eigenvalue weighted by Gasteiger charge is -2.25. The second-order valence-corrected chi connectivity index (χ2v) is 6.23. The molecule has 4 nitrogen and oxygen atoms in total. The molecule has 1 N–H and O–H groups in total. The number of hydrogen-bond acceptors (Lipinski definition) is 2. The maximum absolute atomic E-state index is 12.7. The number of amides is 1. The van der Waals surface area contributed by atoms with E-state index in [0.29, 0.717) is 31.8 Å². The fourth-order valence-corrected chi connectivity index (χ4v) is 3.22. The predicted octanol–water partition coefficient (Wildman–Crippen LogP) is 2.68. The van der Waals surface area contributed by atoms with Crippen molar-refractivity contribution in [3.8, 4) is 0 Å². The Morgan fingerprint density at radius 3 is 2.29 bits per heavy atom. The minimum Gasteiger partial charge on any atom is -0.481 e. The zero-order chi connectivity index (χ0) is 14.8. The Morgan fingerprint density at radius 1 is 1.05 bits per heavy atom. The van der Waals surface area contributed by atoms with Crippen molar-refractivity contribution in [2.45, 2.75) is 44.7 Å². The Hall–Kier alpha value is -1.84. The van der Waals surface area contributed by atoms with Crippen LogP contribution in [-0.2, 0) is 16.1 Å². The molecule has 1 aromatic carbocycles. The smallest absolute Gasteiger partial charge is 0.306 e. The first-order valence-electron chi connectivity index (χ1n) is 7.72. The molecule has 1 aromatic rings. The highest BCUT2D eigenvalue weighted by molar-refractivity contribution is 5.81. The highest BCUT2D eigenvalue weighted by Crippen LogP contribution is 2.36. The number of carbonyl (C=O) groups excluding carboxylic acids is 1. The molecule has 0 heterocycles. The molecule has 2 atom stereocenters. The van der Waals surface area contributed by atoms with Gasteiger partial charge in [0, 0.05) is 18.5 Å². The van der Waals surface area contributed by atoms with Gasteiger partial charge in [-0.2, -0.15) is 0 Å². The Morgan fingerprint density at radius 2 is 1.71 bits per heavy atom. The molecule has 21 heavy (non-hydrogen) atoms. The van der Waals surface area contributed by atoms with Crippen molar-refractivity contribution < 1.29 is 14.7 Å². The van der Waals surface area contributed by atoms with E-state index in [9.17, 15) is 9.59 Å². The van der Waals surface area contributed by atoms with Crippen molar-refractivity contribution in [2.24, 2.45) is 11.8 Å². The van der Waals surface area contributed by atoms with Crippen molar-refractivity contribution in [2.75, 3.05) is 0 Å². The summed E-state index contributed by atoms with van der Waals surface area (Å²) in [6.45, 7) is 0.651. The van der Waals surface area contributed by atoms with Gasteiger partial charge in [-0.25, -0.2) is 0 Å². The topological polar surface area (TPSA) is 57.6 Å². The molecule has 4 heteroatoms. The van der Waals surface area contributed by atoms with Gasteiger partial charge >= 0.3 is 5.97 Å². The monoisotopic (exact) mass is 287 g/mol. The second-order valence-electron chi connectivity index (χ2n) is 6.23. The van der Waals surface area contributed by atoms with E-state index in [-0.39, 0.29) is 17.7 Å². The second kappa shape index (κ2) is 5.88. The molecule has 0 spiro atoms. The lowest BCUT2D eigenvalue weighted by atomic mass is 10.0. The van der Waals surface area contributed by atoms with E-state index in [0.717, 1.165) is 18.4 Å². The maximum Gasteiger partial charge on any atom is 0.306 e. The summed E-state index contributed by atoms with van der Waals surface area (Å²) in [6.07, 6.45) is 4.01. The molecule has 2 fully saturated rings. The molecule has 0 aliphatic heterocycles. The molecule has 0 radical (unpaired) electrons. The molecule has 3 rings (SSSR count). The van der Waals surface area contributed by atoms with Crippen LogP contribution in [0.25, 0.3) is 0 Å². The van der Waals surface area contributed by atoms with Crippen LogP contribution >= 0.6 is 0 Å². The minimum atomic E-state index is -0.758. The third-order valence-corrected chi connectivity index (χ3v) is 4.60. The number of carbonyl (C=O) groups is 2. The first-order valence-corrected chi connectivity index (χ1v) is 7.72. The minimum absolute atomic E-state index is 0.101. The van der Waals surface area contributed by atoms with Crippen LogP contribution in [0.2, 0.25) is 0 Å². The Balaban J connectivity index is 1.67. The summed E-state index contributed by atoms with van der Waals surface area (Å²) in [7, 11) is 0. The van der Waals surface area contributed by atoms with Gasteiger partial charge in [0.1, 0.15) is 0 Å². The number of aliphatic carboxylic acids is 1.